The first-order valence-electron chi connectivity index (χ1n) is 7.09. The molecule has 0 aliphatic heterocycles. The Labute approximate surface area is 122 Å². The number of aryl methyl sites for hydroxylation is 2. The van der Waals surface area contributed by atoms with Crippen LogP contribution in [0.1, 0.15) is 29.8 Å². The standard InChI is InChI=1S/C16H16N4O/c1-11-5-3-4-6-12(11)16(8-9-16)15-17-14(21-19-15)13-7-10-20(2)18-13/h3-7,10H,8-9H2,1-2H3. The summed E-state index contributed by atoms with van der Waals surface area (Å²) in [6, 6.07) is 10.3. The van der Waals surface area contributed by atoms with Gasteiger partial charge in [-0.1, -0.05) is 29.4 Å². The molecule has 0 spiro atoms. The van der Waals surface area contributed by atoms with Gasteiger partial charge in [-0.2, -0.15) is 10.1 Å². The minimum Gasteiger partial charge on any atom is -0.332 e. The van der Waals surface area contributed by atoms with Crippen molar-refractivity contribution in [1.29, 1.82) is 0 Å². The Morgan fingerprint density at radius 1 is 1.19 bits per heavy atom. The molecular formula is C16H16N4O. The van der Waals surface area contributed by atoms with Gasteiger partial charge in [-0.15, -0.1) is 0 Å². The third kappa shape index (κ3) is 1.88. The topological polar surface area (TPSA) is 56.7 Å². The van der Waals surface area contributed by atoms with Crippen LogP contribution in [0.5, 0.6) is 0 Å². The van der Waals surface area contributed by atoms with E-state index in [1.807, 2.05) is 19.3 Å². The second-order valence-electron chi connectivity index (χ2n) is 5.69. The first kappa shape index (κ1) is 12.3. The van der Waals surface area contributed by atoms with Gasteiger partial charge in [-0.25, -0.2) is 0 Å². The lowest BCUT2D eigenvalue weighted by Gasteiger charge is -2.13. The van der Waals surface area contributed by atoms with Crippen molar-refractivity contribution in [3.63, 3.8) is 0 Å². The zero-order valence-electron chi connectivity index (χ0n) is 12.1. The molecule has 3 aromatic rings. The summed E-state index contributed by atoms with van der Waals surface area (Å²) in [5.74, 6) is 1.27. The molecule has 0 N–H and O–H groups in total. The number of hydrogen-bond donors (Lipinski definition) is 0. The van der Waals surface area contributed by atoms with E-state index in [-0.39, 0.29) is 5.41 Å². The van der Waals surface area contributed by atoms with Gasteiger partial charge in [-0.05, 0) is 37.0 Å². The Hall–Kier alpha value is -2.43. The lowest BCUT2D eigenvalue weighted by atomic mass is 9.91. The summed E-state index contributed by atoms with van der Waals surface area (Å²) in [7, 11) is 1.87. The highest BCUT2D eigenvalue weighted by Gasteiger charge is 2.50. The summed E-state index contributed by atoms with van der Waals surface area (Å²) in [6.07, 6.45) is 4.01. The van der Waals surface area contributed by atoms with Crippen LogP contribution in [-0.2, 0) is 12.5 Å². The van der Waals surface area contributed by atoms with E-state index in [9.17, 15) is 0 Å². The van der Waals surface area contributed by atoms with Crippen molar-refractivity contribution in [3.8, 4) is 11.6 Å². The summed E-state index contributed by atoms with van der Waals surface area (Å²) < 4.78 is 7.14. The summed E-state index contributed by atoms with van der Waals surface area (Å²) in [5, 5.41) is 8.53. The molecule has 0 radical (unpaired) electrons. The first-order valence-corrected chi connectivity index (χ1v) is 7.09. The summed E-state index contributed by atoms with van der Waals surface area (Å²) >= 11 is 0. The van der Waals surface area contributed by atoms with Crippen molar-refractivity contribution in [1.82, 2.24) is 19.9 Å². The Morgan fingerprint density at radius 2 is 2.00 bits per heavy atom. The maximum Gasteiger partial charge on any atom is 0.278 e. The Balaban J connectivity index is 1.75. The maximum atomic E-state index is 5.41. The van der Waals surface area contributed by atoms with Crippen molar-refractivity contribution >= 4 is 0 Å². The Kier molecular flexibility index (Phi) is 2.51. The quantitative estimate of drug-likeness (QED) is 0.740. The molecule has 106 valence electrons. The van der Waals surface area contributed by atoms with E-state index in [4.69, 9.17) is 4.52 Å². The minimum atomic E-state index is -0.0676. The summed E-state index contributed by atoms with van der Waals surface area (Å²) in [5.41, 5.74) is 3.23. The van der Waals surface area contributed by atoms with Gasteiger partial charge in [0.25, 0.3) is 5.89 Å². The molecule has 0 bridgehead atoms. The first-order chi connectivity index (χ1) is 10.2. The molecule has 0 amide bonds. The van der Waals surface area contributed by atoms with Gasteiger partial charge in [0.2, 0.25) is 0 Å². The molecule has 0 saturated heterocycles. The molecule has 1 aromatic carbocycles. The SMILES string of the molecule is Cc1ccccc1C1(c2noc(-c3ccn(C)n3)n2)CC1. The molecule has 5 heteroatoms. The number of benzene rings is 1. The largest absolute Gasteiger partial charge is 0.332 e. The third-order valence-corrected chi connectivity index (χ3v) is 4.20. The van der Waals surface area contributed by atoms with Crippen LogP contribution in [-0.4, -0.2) is 19.9 Å². The average molecular weight is 280 g/mol. The van der Waals surface area contributed by atoms with Gasteiger partial charge in [0.15, 0.2) is 11.5 Å². The van der Waals surface area contributed by atoms with E-state index in [1.165, 1.54) is 11.1 Å². The second-order valence-corrected chi connectivity index (χ2v) is 5.69. The van der Waals surface area contributed by atoms with Crippen molar-refractivity contribution in [2.24, 2.45) is 7.05 Å². The molecule has 21 heavy (non-hydrogen) atoms. The van der Waals surface area contributed by atoms with Crippen molar-refractivity contribution in [2.45, 2.75) is 25.2 Å². The molecule has 1 aliphatic carbocycles. The predicted molar refractivity (Wildman–Crippen MR) is 77.7 cm³/mol. The summed E-state index contributed by atoms with van der Waals surface area (Å²) in [4.78, 5) is 4.59. The molecule has 5 nitrogen and oxygen atoms in total. The molecule has 1 aliphatic rings. The van der Waals surface area contributed by atoms with Crippen LogP contribution in [0.4, 0.5) is 0 Å². The molecule has 1 saturated carbocycles. The highest BCUT2D eigenvalue weighted by atomic mass is 16.5. The molecule has 0 atom stereocenters. The van der Waals surface area contributed by atoms with E-state index in [0.29, 0.717) is 5.89 Å². The van der Waals surface area contributed by atoms with Crippen LogP contribution >= 0.6 is 0 Å². The van der Waals surface area contributed by atoms with Gasteiger partial charge in [0.1, 0.15) is 0 Å². The van der Waals surface area contributed by atoms with E-state index in [1.54, 1.807) is 4.68 Å². The highest BCUT2D eigenvalue weighted by Crippen LogP contribution is 2.53. The van der Waals surface area contributed by atoms with E-state index in [0.717, 1.165) is 24.4 Å². The van der Waals surface area contributed by atoms with E-state index >= 15 is 0 Å². The molecule has 2 aromatic heterocycles. The van der Waals surface area contributed by atoms with Gasteiger partial charge < -0.3 is 4.52 Å². The average Bonchev–Trinajstić information content (AvgIpc) is 2.93. The van der Waals surface area contributed by atoms with Gasteiger partial charge in [0.05, 0.1) is 5.41 Å². The Bertz CT molecular complexity index is 798. The highest BCUT2D eigenvalue weighted by molar-refractivity contribution is 5.48. The van der Waals surface area contributed by atoms with Crippen molar-refractivity contribution in [2.75, 3.05) is 0 Å². The molecule has 4 rings (SSSR count). The normalized spacial score (nSPS) is 16.1. The monoisotopic (exact) mass is 280 g/mol. The van der Waals surface area contributed by atoms with Crippen LogP contribution in [0, 0.1) is 6.92 Å². The number of nitrogens with zero attached hydrogens (tertiary/aromatic N) is 4. The molecule has 1 fully saturated rings. The lowest BCUT2D eigenvalue weighted by Crippen LogP contribution is -2.12. The summed E-state index contributed by atoms with van der Waals surface area (Å²) in [6.45, 7) is 2.13. The van der Waals surface area contributed by atoms with Crippen LogP contribution in [0.2, 0.25) is 0 Å². The minimum absolute atomic E-state index is 0.0676. The number of aromatic nitrogens is 4. The molecular weight excluding hydrogens is 264 g/mol. The van der Waals surface area contributed by atoms with Gasteiger partial charge in [0, 0.05) is 13.2 Å². The van der Waals surface area contributed by atoms with Crippen molar-refractivity contribution < 1.29 is 4.52 Å². The Morgan fingerprint density at radius 3 is 2.67 bits per heavy atom. The van der Waals surface area contributed by atoms with Crippen LogP contribution in [0.3, 0.4) is 0 Å². The van der Waals surface area contributed by atoms with Gasteiger partial charge in [-0.3, -0.25) is 4.68 Å². The maximum absolute atomic E-state index is 5.41. The number of hydrogen-bond acceptors (Lipinski definition) is 4. The van der Waals surface area contributed by atoms with E-state index in [2.05, 4.69) is 46.4 Å². The van der Waals surface area contributed by atoms with Crippen LogP contribution in [0.25, 0.3) is 11.6 Å². The van der Waals surface area contributed by atoms with Crippen molar-refractivity contribution in [3.05, 3.63) is 53.5 Å². The second kappa shape index (κ2) is 4.28. The fourth-order valence-electron chi connectivity index (χ4n) is 2.90. The fraction of sp³-hybridized carbons (Fsp3) is 0.312. The van der Waals surface area contributed by atoms with Crippen LogP contribution < -0.4 is 0 Å². The number of rotatable bonds is 3. The molecule has 0 unspecified atom stereocenters. The predicted octanol–water partition coefficient (Wildman–Crippen LogP) is 2.86. The van der Waals surface area contributed by atoms with Gasteiger partial charge >= 0.3 is 0 Å². The lowest BCUT2D eigenvalue weighted by molar-refractivity contribution is 0.416. The third-order valence-electron chi connectivity index (χ3n) is 4.20. The fourth-order valence-corrected chi connectivity index (χ4v) is 2.90. The smallest absolute Gasteiger partial charge is 0.278 e. The zero-order valence-corrected chi connectivity index (χ0v) is 12.1. The van der Waals surface area contributed by atoms with E-state index < -0.39 is 0 Å². The molecule has 2 heterocycles. The van der Waals surface area contributed by atoms with Crippen LogP contribution in [0.15, 0.2) is 41.1 Å². The zero-order chi connectivity index (χ0) is 14.4.